The number of hydrogen-bond donors (Lipinski definition) is 1. The number of thiophene rings is 1. The topological polar surface area (TPSA) is 88.4 Å². The Morgan fingerprint density at radius 2 is 2.00 bits per heavy atom. The Bertz CT molecular complexity index is 1010. The number of rotatable bonds is 8. The van der Waals surface area contributed by atoms with E-state index >= 15 is 0 Å². The molecule has 0 aliphatic rings. The van der Waals surface area contributed by atoms with Crippen LogP contribution in [0, 0.1) is 32.1 Å². The van der Waals surface area contributed by atoms with Gasteiger partial charge in [0.2, 0.25) is 5.91 Å². The lowest BCUT2D eigenvalue weighted by molar-refractivity contribution is -0.116. The minimum atomic E-state index is -0.496. The van der Waals surface area contributed by atoms with Crippen molar-refractivity contribution in [3.8, 4) is 11.8 Å². The van der Waals surface area contributed by atoms with E-state index in [4.69, 9.17) is 21.1 Å². The van der Waals surface area contributed by atoms with Crippen molar-refractivity contribution in [2.24, 2.45) is 0 Å². The van der Waals surface area contributed by atoms with Gasteiger partial charge in [-0.2, -0.15) is 5.26 Å². The van der Waals surface area contributed by atoms with Gasteiger partial charge < -0.3 is 14.8 Å². The number of hydrogen-bond acceptors (Lipinski definition) is 6. The molecule has 2 rings (SSSR count). The Morgan fingerprint density at radius 1 is 1.30 bits per heavy atom. The minimum absolute atomic E-state index is 0.208. The molecule has 1 N–H and O–H groups in total. The molecule has 2 aromatic rings. The fourth-order valence-electron chi connectivity index (χ4n) is 2.74. The van der Waals surface area contributed by atoms with Crippen LogP contribution < -0.4 is 10.1 Å². The summed E-state index contributed by atoms with van der Waals surface area (Å²) in [7, 11) is 0. The minimum Gasteiger partial charge on any atom is -0.492 e. The van der Waals surface area contributed by atoms with Gasteiger partial charge in [-0.1, -0.05) is 11.6 Å². The van der Waals surface area contributed by atoms with Gasteiger partial charge in [0.1, 0.15) is 21.7 Å². The van der Waals surface area contributed by atoms with Crippen LogP contribution in [0.15, 0.2) is 10.5 Å². The monoisotopic (exact) mass is 512 g/mol. The Morgan fingerprint density at radius 3 is 2.63 bits per heavy atom. The van der Waals surface area contributed by atoms with E-state index in [1.807, 2.05) is 26.0 Å². The van der Waals surface area contributed by atoms with E-state index in [2.05, 4.69) is 21.2 Å². The smallest absolute Gasteiger partial charge is 0.348 e. The van der Waals surface area contributed by atoms with Crippen LogP contribution in [0.2, 0.25) is 5.02 Å². The van der Waals surface area contributed by atoms with Crippen molar-refractivity contribution in [1.29, 1.82) is 5.26 Å². The van der Waals surface area contributed by atoms with Crippen molar-refractivity contribution in [3.05, 3.63) is 42.7 Å². The highest BCUT2D eigenvalue weighted by Crippen LogP contribution is 2.36. The van der Waals surface area contributed by atoms with E-state index in [1.165, 1.54) is 0 Å². The highest BCUT2D eigenvalue weighted by atomic mass is 79.9. The second kappa shape index (κ2) is 10.8. The first-order valence-corrected chi connectivity index (χ1v) is 11.3. The summed E-state index contributed by atoms with van der Waals surface area (Å²) in [5.74, 6) is -0.0756. The average molecular weight is 514 g/mol. The molecule has 0 atom stereocenters. The largest absolute Gasteiger partial charge is 0.492 e. The van der Waals surface area contributed by atoms with Gasteiger partial charge >= 0.3 is 5.97 Å². The van der Waals surface area contributed by atoms with Crippen molar-refractivity contribution in [2.75, 3.05) is 18.5 Å². The van der Waals surface area contributed by atoms with Crippen LogP contribution in [-0.4, -0.2) is 25.1 Å². The Kier molecular flexibility index (Phi) is 8.71. The number of nitrogens with one attached hydrogen (secondary N) is 1. The predicted molar refractivity (Wildman–Crippen MR) is 122 cm³/mol. The molecule has 0 saturated carbocycles. The molecule has 0 unspecified atom stereocenters. The molecule has 1 heterocycles. The lowest BCUT2D eigenvalue weighted by atomic mass is 10.1. The van der Waals surface area contributed by atoms with E-state index in [0.717, 1.165) is 26.9 Å². The van der Waals surface area contributed by atoms with Gasteiger partial charge in [0.25, 0.3) is 0 Å². The molecule has 160 valence electrons. The van der Waals surface area contributed by atoms with Crippen molar-refractivity contribution in [2.45, 2.75) is 40.5 Å². The van der Waals surface area contributed by atoms with Gasteiger partial charge in [-0.25, -0.2) is 4.79 Å². The summed E-state index contributed by atoms with van der Waals surface area (Å²) in [6.07, 6.45) is 0.690. The maximum absolute atomic E-state index is 12.3. The van der Waals surface area contributed by atoms with Gasteiger partial charge in [0.05, 0.1) is 23.2 Å². The van der Waals surface area contributed by atoms with Gasteiger partial charge in [-0.15, -0.1) is 11.3 Å². The summed E-state index contributed by atoms with van der Waals surface area (Å²) in [5, 5.41) is 13.2. The number of anilines is 1. The van der Waals surface area contributed by atoms with Crippen LogP contribution in [0.3, 0.4) is 0 Å². The van der Waals surface area contributed by atoms with Crippen LogP contribution in [0.5, 0.6) is 5.75 Å². The maximum atomic E-state index is 12.3. The van der Waals surface area contributed by atoms with Crippen LogP contribution >= 0.6 is 38.9 Å². The van der Waals surface area contributed by atoms with Crippen LogP contribution in [0.25, 0.3) is 0 Å². The molecule has 0 aliphatic heterocycles. The van der Waals surface area contributed by atoms with Gasteiger partial charge in [-0.3, -0.25) is 4.79 Å². The highest BCUT2D eigenvalue weighted by molar-refractivity contribution is 9.10. The zero-order valence-electron chi connectivity index (χ0n) is 17.2. The van der Waals surface area contributed by atoms with Crippen molar-refractivity contribution in [1.82, 2.24) is 0 Å². The first-order valence-electron chi connectivity index (χ1n) is 9.29. The van der Waals surface area contributed by atoms with Crippen molar-refractivity contribution < 1.29 is 19.1 Å². The van der Waals surface area contributed by atoms with Crippen LogP contribution in [0.1, 0.15) is 51.7 Å². The first-order chi connectivity index (χ1) is 14.2. The fourth-order valence-corrected chi connectivity index (χ4v) is 4.49. The molecule has 0 spiro atoms. The fraction of sp³-hybridized carbons (Fsp3) is 0.381. The lowest BCUT2D eigenvalue weighted by Gasteiger charge is -2.13. The Labute approximate surface area is 193 Å². The van der Waals surface area contributed by atoms with Crippen molar-refractivity contribution >= 4 is 55.7 Å². The molecular formula is C21H22BrClN2O4S. The lowest BCUT2D eigenvalue weighted by Crippen LogP contribution is -2.13. The van der Waals surface area contributed by atoms with Gasteiger partial charge in [0, 0.05) is 11.4 Å². The molecule has 6 nitrogen and oxygen atoms in total. The molecule has 1 amide bonds. The Balaban J connectivity index is 1.95. The maximum Gasteiger partial charge on any atom is 0.348 e. The number of nitrogens with zero attached hydrogens (tertiary/aromatic N) is 1. The number of halogens is 2. The van der Waals surface area contributed by atoms with E-state index < -0.39 is 5.97 Å². The predicted octanol–water partition coefficient (Wildman–Crippen LogP) is 5.94. The summed E-state index contributed by atoms with van der Waals surface area (Å²) in [5.41, 5.74) is 2.61. The first kappa shape index (κ1) is 24.2. The number of amides is 1. The van der Waals surface area contributed by atoms with Crippen LogP contribution in [0.4, 0.5) is 5.00 Å². The molecule has 0 saturated heterocycles. The highest BCUT2D eigenvalue weighted by Gasteiger charge is 2.22. The summed E-state index contributed by atoms with van der Waals surface area (Å²) in [6, 6.07) is 3.90. The molecule has 1 aromatic carbocycles. The molecule has 0 radical (unpaired) electrons. The average Bonchev–Trinajstić information content (AvgIpc) is 3.02. The van der Waals surface area contributed by atoms with Crippen LogP contribution in [-0.2, 0) is 9.53 Å². The summed E-state index contributed by atoms with van der Waals surface area (Å²) < 4.78 is 11.6. The second-order valence-corrected chi connectivity index (χ2v) is 8.73. The van der Waals surface area contributed by atoms with E-state index in [-0.39, 0.29) is 24.5 Å². The summed E-state index contributed by atoms with van der Waals surface area (Å²) >= 11 is 10.8. The van der Waals surface area contributed by atoms with Crippen molar-refractivity contribution in [3.63, 3.8) is 0 Å². The molecular weight excluding hydrogens is 492 g/mol. The SMILES string of the molecule is CCOC(=O)c1sc(NC(=O)CCCOc2cc(C)c(Cl)c(C)c2Br)c(C#N)c1C. The number of carbonyl (C=O) groups excluding carboxylic acids is 2. The molecule has 1 aromatic heterocycles. The number of carbonyl (C=O) groups is 2. The number of nitriles is 1. The van der Waals surface area contributed by atoms with Gasteiger partial charge in [0.15, 0.2) is 0 Å². The second-order valence-electron chi connectivity index (χ2n) is 6.54. The summed E-state index contributed by atoms with van der Waals surface area (Å²) in [6.45, 7) is 7.76. The molecule has 9 heteroatoms. The summed E-state index contributed by atoms with van der Waals surface area (Å²) in [4.78, 5) is 24.7. The van der Waals surface area contributed by atoms with E-state index in [1.54, 1.807) is 13.8 Å². The number of benzene rings is 1. The van der Waals surface area contributed by atoms with Gasteiger partial charge in [-0.05, 0) is 72.8 Å². The van der Waals surface area contributed by atoms with E-state index in [0.29, 0.717) is 39.2 Å². The zero-order chi connectivity index (χ0) is 22.4. The number of aryl methyl sites for hydroxylation is 1. The zero-order valence-corrected chi connectivity index (χ0v) is 20.3. The third-order valence-corrected chi connectivity index (χ3v) is 7.10. The molecule has 0 bridgehead atoms. The third kappa shape index (κ3) is 5.54. The Hall–Kier alpha value is -2.08. The quantitative estimate of drug-likeness (QED) is 0.349. The third-order valence-electron chi connectivity index (χ3n) is 4.35. The normalized spacial score (nSPS) is 10.4. The molecule has 0 aliphatic carbocycles. The number of esters is 1. The standard InChI is InChI=1S/C21H22BrClN2O4S/c1-5-28-21(27)19-12(3)14(10-24)20(30-19)25-16(26)7-6-8-29-15-9-11(2)18(23)13(4)17(15)22/h9H,5-8H2,1-4H3,(H,25,26). The molecule has 0 fully saturated rings. The molecule has 30 heavy (non-hydrogen) atoms. The number of ether oxygens (including phenoxy) is 2. The van der Waals surface area contributed by atoms with E-state index in [9.17, 15) is 14.9 Å².